The second-order valence-electron chi connectivity index (χ2n) is 7.49. The van der Waals surface area contributed by atoms with Crippen LogP contribution in [0.4, 0.5) is 0 Å². The van der Waals surface area contributed by atoms with E-state index >= 15 is 0 Å². The molecule has 31 heavy (non-hydrogen) atoms. The van der Waals surface area contributed by atoms with Gasteiger partial charge in [-0.2, -0.15) is 0 Å². The number of hydrogen-bond donors (Lipinski definition) is 3. The molecule has 3 heterocycles. The second-order valence-corrected chi connectivity index (χ2v) is 7.49. The number of amides is 1. The van der Waals surface area contributed by atoms with E-state index in [2.05, 4.69) is 10.3 Å². The summed E-state index contributed by atoms with van der Waals surface area (Å²) >= 11 is 0. The number of nitrogens with one attached hydrogen (secondary N) is 2. The van der Waals surface area contributed by atoms with Crippen LogP contribution in [-0.2, 0) is 13.1 Å². The van der Waals surface area contributed by atoms with E-state index in [1.165, 1.54) is 15.0 Å². The summed E-state index contributed by atoms with van der Waals surface area (Å²) in [5, 5.41) is 21.1. The average molecular weight is 417 g/mol. The second kappa shape index (κ2) is 8.16. The lowest BCUT2D eigenvalue weighted by Crippen LogP contribution is -2.35. The summed E-state index contributed by atoms with van der Waals surface area (Å²) in [6.45, 7) is 3.92. The van der Waals surface area contributed by atoms with Gasteiger partial charge in [0.05, 0.1) is 17.6 Å². The summed E-state index contributed by atoms with van der Waals surface area (Å²) < 4.78 is 2.84. The number of carbonyl (C=O) groups is 1. The molecule has 0 radical (unpaired) electrons. The zero-order valence-corrected chi connectivity index (χ0v) is 17.3. The van der Waals surface area contributed by atoms with Gasteiger partial charge in [0, 0.05) is 19.3 Å². The van der Waals surface area contributed by atoms with E-state index < -0.39 is 5.91 Å². The van der Waals surface area contributed by atoms with Gasteiger partial charge in [0.2, 0.25) is 0 Å². The van der Waals surface area contributed by atoms with Gasteiger partial charge in [-0.25, -0.2) is 4.98 Å². The Labute approximate surface area is 177 Å². The van der Waals surface area contributed by atoms with Gasteiger partial charge in [0.1, 0.15) is 16.8 Å². The average Bonchev–Trinajstić information content (AvgIpc) is 2.76. The molecule has 0 saturated heterocycles. The Morgan fingerprint density at radius 3 is 2.61 bits per heavy atom. The number of fused-ring (bicyclic) bond motifs is 2. The highest BCUT2D eigenvalue weighted by molar-refractivity contribution is 5.96. The van der Waals surface area contributed by atoms with Crippen molar-refractivity contribution in [3.8, 4) is 0 Å². The molecular formula is C23H23N5O3. The van der Waals surface area contributed by atoms with Gasteiger partial charge >= 0.3 is 0 Å². The van der Waals surface area contributed by atoms with Crippen molar-refractivity contribution < 1.29 is 9.90 Å². The monoisotopic (exact) mass is 417 g/mol. The minimum absolute atomic E-state index is 0.0446. The number of aromatic nitrogens is 3. The summed E-state index contributed by atoms with van der Waals surface area (Å²) in [6, 6.07) is 12.8. The number of pyridine rings is 2. The molecule has 0 saturated carbocycles. The van der Waals surface area contributed by atoms with Crippen molar-refractivity contribution in [2.75, 3.05) is 6.61 Å². The van der Waals surface area contributed by atoms with Crippen LogP contribution in [0.2, 0.25) is 0 Å². The van der Waals surface area contributed by atoms with E-state index in [0.717, 1.165) is 16.7 Å². The fourth-order valence-corrected chi connectivity index (χ4v) is 3.57. The van der Waals surface area contributed by atoms with Crippen molar-refractivity contribution in [2.45, 2.75) is 26.9 Å². The minimum atomic E-state index is -0.465. The van der Waals surface area contributed by atoms with Crippen LogP contribution in [0.15, 0.2) is 53.5 Å². The Morgan fingerprint density at radius 1 is 1.16 bits per heavy atom. The van der Waals surface area contributed by atoms with Crippen LogP contribution in [0.5, 0.6) is 0 Å². The third-order valence-electron chi connectivity index (χ3n) is 5.28. The number of nitrogens with zero attached hydrogens (tertiary/aromatic N) is 3. The third kappa shape index (κ3) is 3.73. The molecule has 3 aromatic heterocycles. The molecule has 0 atom stereocenters. The molecule has 8 nitrogen and oxygen atoms in total. The molecule has 4 rings (SSSR count). The first-order chi connectivity index (χ1) is 14.9. The maximum Gasteiger partial charge on any atom is 0.267 e. The fourth-order valence-electron chi connectivity index (χ4n) is 3.57. The van der Waals surface area contributed by atoms with Crippen LogP contribution in [0.25, 0.3) is 16.7 Å². The van der Waals surface area contributed by atoms with Gasteiger partial charge in [0.15, 0.2) is 0 Å². The molecule has 1 amide bonds. The smallest absolute Gasteiger partial charge is 0.267 e. The molecule has 1 aromatic carbocycles. The maximum absolute atomic E-state index is 13.1. The predicted molar refractivity (Wildman–Crippen MR) is 117 cm³/mol. The molecular weight excluding hydrogens is 394 g/mol. The number of benzene rings is 1. The minimum Gasteiger partial charge on any atom is -0.395 e. The number of rotatable bonds is 5. The number of aryl methyl sites for hydroxylation is 2. The predicted octanol–water partition coefficient (Wildman–Crippen LogP) is 1.67. The Kier molecular flexibility index (Phi) is 5.39. The van der Waals surface area contributed by atoms with Crippen LogP contribution in [0, 0.1) is 19.3 Å². The van der Waals surface area contributed by atoms with Gasteiger partial charge in [0.25, 0.3) is 11.5 Å². The van der Waals surface area contributed by atoms with Gasteiger partial charge in [-0.15, -0.1) is 0 Å². The van der Waals surface area contributed by atoms with E-state index in [1.54, 1.807) is 12.3 Å². The lowest BCUT2D eigenvalue weighted by Gasteiger charge is -2.14. The van der Waals surface area contributed by atoms with Gasteiger partial charge in [-0.05, 0) is 37.1 Å². The number of carbonyl (C=O) groups excluding carboxylic acids is 1. The zero-order chi connectivity index (χ0) is 22.1. The van der Waals surface area contributed by atoms with Crippen LogP contribution in [-0.4, -0.2) is 31.6 Å². The van der Waals surface area contributed by atoms with Gasteiger partial charge in [-0.3, -0.25) is 19.4 Å². The first-order valence-corrected chi connectivity index (χ1v) is 9.95. The topological polar surface area (TPSA) is 112 Å². The normalized spacial score (nSPS) is 11.2. The highest BCUT2D eigenvalue weighted by Crippen LogP contribution is 2.13. The van der Waals surface area contributed by atoms with E-state index in [-0.39, 0.29) is 40.8 Å². The standard InChI is InChI=1S/C23H23N5O3/c1-14-5-7-16(8-6-14)13-25-22(30)17-12-18-21(27(10-11-29)19(17)24)26-20-15(2)4-3-9-28(20)23(18)31/h3-9,12,24,29H,10-11,13H2,1-2H3,(H,25,30). The highest BCUT2D eigenvalue weighted by Gasteiger charge is 2.17. The summed E-state index contributed by atoms with van der Waals surface area (Å²) in [4.78, 5) is 30.6. The molecule has 0 bridgehead atoms. The van der Waals surface area contributed by atoms with E-state index in [1.807, 2.05) is 44.2 Å². The third-order valence-corrected chi connectivity index (χ3v) is 5.28. The summed E-state index contributed by atoms with van der Waals surface area (Å²) in [7, 11) is 0. The molecule has 0 aliphatic carbocycles. The Hall–Kier alpha value is -3.78. The number of aliphatic hydroxyl groups excluding tert-OH is 1. The molecule has 3 N–H and O–H groups in total. The molecule has 0 aliphatic rings. The van der Waals surface area contributed by atoms with E-state index in [9.17, 15) is 14.7 Å². The number of hydrogen-bond acceptors (Lipinski definition) is 5. The lowest BCUT2D eigenvalue weighted by atomic mass is 10.1. The Balaban J connectivity index is 1.84. The van der Waals surface area contributed by atoms with Crippen LogP contribution < -0.4 is 16.4 Å². The first kappa shape index (κ1) is 20.5. The van der Waals surface area contributed by atoms with Crippen molar-refractivity contribution in [3.63, 3.8) is 0 Å². The van der Waals surface area contributed by atoms with E-state index in [4.69, 9.17) is 5.41 Å². The zero-order valence-electron chi connectivity index (χ0n) is 17.3. The summed E-state index contributed by atoms with van der Waals surface area (Å²) in [5.74, 6) is -0.465. The summed E-state index contributed by atoms with van der Waals surface area (Å²) in [5.41, 5.74) is 3.23. The van der Waals surface area contributed by atoms with Crippen molar-refractivity contribution in [1.29, 1.82) is 5.41 Å². The van der Waals surface area contributed by atoms with Crippen LogP contribution in [0.1, 0.15) is 27.0 Å². The lowest BCUT2D eigenvalue weighted by molar-refractivity contribution is 0.0948. The van der Waals surface area contributed by atoms with Crippen molar-refractivity contribution in [3.05, 3.63) is 86.8 Å². The Morgan fingerprint density at radius 2 is 1.90 bits per heavy atom. The quantitative estimate of drug-likeness (QED) is 0.429. The first-order valence-electron chi connectivity index (χ1n) is 9.95. The summed E-state index contributed by atoms with van der Waals surface area (Å²) in [6.07, 6.45) is 1.62. The van der Waals surface area contributed by atoms with Crippen molar-refractivity contribution >= 4 is 22.6 Å². The largest absolute Gasteiger partial charge is 0.395 e. The molecule has 158 valence electrons. The van der Waals surface area contributed by atoms with Gasteiger partial charge in [-0.1, -0.05) is 35.9 Å². The number of aliphatic hydroxyl groups is 1. The molecule has 0 unspecified atom stereocenters. The molecule has 0 fully saturated rings. The van der Waals surface area contributed by atoms with Crippen LogP contribution in [0.3, 0.4) is 0 Å². The van der Waals surface area contributed by atoms with Crippen molar-refractivity contribution in [1.82, 2.24) is 19.3 Å². The molecule has 8 heteroatoms. The molecule has 4 aromatic rings. The van der Waals surface area contributed by atoms with Gasteiger partial charge < -0.3 is 15.0 Å². The maximum atomic E-state index is 13.1. The Bertz CT molecular complexity index is 1420. The SMILES string of the molecule is Cc1ccc(CNC(=O)c2cc3c(=O)n4cccc(C)c4nc3n(CCO)c2=N)cc1. The molecule has 0 spiro atoms. The fraction of sp³-hybridized carbons (Fsp3) is 0.217. The molecule has 0 aliphatic heterocycles. The van der Waals surface area contributed by atoms with E-state index in [0.29, 0.717) is 12.2 Å². The van der Waals surface area contributed by atoms with Crippen molar-refractivity contribution in [2.24, 2.45) is 0 Å². The van der Waals surface area contributed by atoms with Crippen LogP contribution >= 0.6 is 0 Å². The highest BCUT2D eigenvalue weighted by atomic mass is 16.3.